The van der Waals surface area contributed by atoms with Crippen LogP contribution in [-0.4, -0.2) is 16.7 Å². The second-order valence-corrected chi connectivity index (χ2v) is 12.7. The van der Waals surface area contributed by atoms with E-state index < -0.39 is 0 Å². The largest absolute Gasteiger partial charge is 0.470 e. The van der Waals surface area contributed by atoms with Crippen LogP contribution < -0.4 is 4.74 Å². The van der Waals surface area contributed by atoms with Gasteiger partial charge in [-0.15, -0.1) is 0 Å². The molecular weight excluding hydrogens is 566 g/mol. The minimum absolute atomic E-state index is 0.0143. The molecule has 0 spiro atoms. The molecule has 0 aliphatic heterocycles. The topological polar surface area (TPSA) is 69.4 Å². The summed E-state index contributed by atoms with van der Waals surface area (Å²) in [4.78, 5) is 28.6. The average Bonchev–Trinajstić information content (AvgIpc) is 3.35. The van der Waals surface area contributed by atoms with E-state index in [4.69, 9.17) is 9.26 Å². The Morgan fingerprint density at radius 1 is 1.05 bits per heavy atom. The third kappa shape index (κ3) is 3.91. The molecule has 1 aromatic heterocycles. The fourth-order valence-electron chi connectivity index (χ4n) is 7.41. The van der Waals surface area contributed by atoms with Gasteiger partial charge in [-0.05, 0) is 87.8 Å². The predicted molar refractivity (Wildman–Crippen MR) is 157 cm³/mol. The number of hydrogen-bond acceptors (Lipinski definition) is 5. The highest BCUT2D eigenvalue weighted by Crippen LogP contribution is 2.52. The van der Waals surface area contributed by atoms with Crippen LogP contribution in [0.3, 0.4) is 0 Å². The molecule has 6 heteroatoms. The fraction of sp³-hybridized carbons (Fsp3) is 0.324. The van der Waals surface area contributed by atoms with Gasteiger partial charge in [-0.3, -0.25) is 9.59 Å². The minimum atomic E-state index is -0.291. The normalized spacial score (nSPS) is 21.8. The first-order valence-electron chi connectivity index (χ1n) is 14.0. The van der Waals surface area contributed by atoms with E-state index in [1.165, 1.54) is 0 Å². The number of fused-ring (bicyclic) bond motifs is 5. The molecule has 202 valence electrons. The Bertz CT molecular complexity index is 1730. The quantitative estimate of drug-likeness (QED) is 0.240. The summed E-state index contributed by atoms with van der Waals surface area (Å²) in [6.07, 6.45) is 2.22. The third-order valence-corrected chi connectivity index (χ3v) is 9.54. The second-order valence-electron chi connectivity index (χ2n) is 11.8. The minimum Gasteiger partial charge on any atom is -0.470 e. The molecule has 0 N–H and O–H groups in total. The molecule has 7 rings (SSSR count). The summed E-state index contributed by atoms with van der Waals surface area (Å²) in [5.41, 5.74) is 6.19. The van der Waals surface area contributed by atoms with Crippen molar-refractivity contribution in [1.29, 1.82) is 0 Å². The Balaban J connectivity index is 1.31. The van der Waals surface area contributed by atoms with Gasteiger partial charge in [-0.1, -0.05) is 72.2 Å². The summed E-state index contributed by atoms with van der Waals surface area (Å²) in [5, 5.41) is 6.42. The maximum absolute atomic E-state index is 14.4. The van der Waals surface area contributed by atoms with E-state index in [1.807, 2.05) is 30.3 Å². The number of rotatable bonds is 4. The molecule has 40 heavy (non-hydrogen) atoms. The Morgan fingerprint density at radius 3 is 2.62 bits per heavy atom. The number of carbonyl (C=O) groups excluding carboxylic acids is 2. The van der Waals surface area contributed by atoms with Gasteiger partial charge in [0.2, 0.25) is 0 Å². The lowest BCUT2D eigenvalue weighted by Gasteiger charge is -2.44. The van der Waals surface area contributed by atoms with Gasteiger partial charge in [0.15, 0.2) is 17.3 Å². The molecule has 0 radical (unpaired) electrons. The average molecular weight is 597 g/mol. The Hall–Kier alpha value is -3.51. The van der Waals surface area contributed by atoms with E-state index in [-0.39, 0.29) is 41.1 Å². The summed E-state index contributed by atoms with van der Waals surface area (Å²) >= 11 is 3.59. The van der Waals surface area contributed by atoms with Crippen LogP contribution in [0.5, 0.6) is 5.88 Å². The molecule has 3 aromatic carbocycles. The molecule has 4 aromatic rings. The smallest absolute Gasteiger partial charge is 0.266 e. The highest BCUT2D eigenvalue weighted by Gasteiger charge is 2.50. The van der Waals surface area contributed by atoms with Crippen molar-refractivity contribution in [2.75, 3.05) is 0 Å². The third-order valence-electron chi connectivity index (χ3n) is 9.04. The van der Waals surface area contributed by atoms with Crippen LogP contribution in [0.4, 0.5) is 0 Å². The Labute approximate surface area is 241 Å². The van der Waals surface area contributed by atoms with Crippen LogP contribution >= 0.6 is 15.9 Å². The molecule has 3 unspecified atom stereocenters. The van der Waals surface area contributed by atoms with Crippen LogP contribution in [0.2, 0.25) is 0 Å². The second kappa shape index (κ2) is 9.55. The van der Waals surface area contributed by atoms with Crippen molar-refractivity contribution in [2.45, 2.75) is 46.6 Å². The highest BCUT2D eigenvalue weighted by atomic mass is 79.9. The van der Waals surface area contributed by atoms with E-state index in [1.54, 1.807) is 0 Å². The summed E-state index contributed by atoms with van der Waals surface area (Å²) in [6, 6.07) is 18.3. The summed E-state index contributed by atoms with van der Waals surface area (Å²) in [5.74, 6) is 0.850. The molecule has 3 aliphatic rings. The number of ketones is 2. The van der Waals surface area contributed by atoms with E-state index in [2.05, 4.69) is 66.1 Å². The van der Waals surface area contributed by atoms with Crippen LogP contribution in [0.1, 0.15) is 63.4 Å². The number of aromatic nitrogens is 1. The molecule has 3 aliphatic carbocycles. The lowest BCUT2D eigenvalue weighted by molar-refractivity contribution is 0.0831. The molecule has 0 amide bonds. The van der Waals surface area contributed by atoms with Crippen LogP contribution in [0.15, 0.2) is 74.7 Å². The van der Waals surface area contributed by atoms with Gasteiger partial charge < -0.3 is 9.26 Å². The van der Waals surface area contributed by atoms with E-state index in [0.29, 0.717) is 24.4 Å². The van der Waals surface area contributed by atoms with E-state index in [9.17, 15) is 9.59 Å². The number of ether oxygens (including phenoxy) is 1. The van der Waals surface area contributed by atoms with Gasteiger partial charge in [-0.25, -0.2) is 0 Å². The van der Waals surface area contributed by atoms with Gasteiger partial charge in [0, 0.05) is 27.9 Å². The molecule has 0 saturated carbocycles. The van der Waals surface area contributed by atoms with Crippen molar-refractivity contribution in [3.63, 3.8) is 0 Å². The number of aryl methyl sites for hydroxylation is 1. The van der Waals surface area contributed by atoms with Gasteiger partial charge in [0.1, 0.15) is 12.2 Å². The zero-order valence-electron chi connectivity index (χ0n) is 22.8. The van der Waals surface area contributed by atoms with Gasteiger partial charge in [0.25, 0.3) is 5.88 Å². The predicted octanol–water partition coefficient (Wildman–Crippen LogP) is 7.86. The summed E-state index contributed by atoms with van der Waals surface area (Å²) in [6.45, 7) is 6.58. The first-order chi connectivity index (χ1) is 19.3. The first-order valence-corrected chi connectivity index (χ1v) is 14.8. The first kappa shape index (κ1) is 25.5. The Kier molecular flexibility index (Phi) is 6.08. The lowest BCUT2D eigenvalue weighted by atomic mass is 9.58. The van der Waals surface area contributed by atoms with Crippen LogP contribution in [0.25, 0.3) is 10.8 Å². The van der Waals surface area contributed by atoms with Crippen molar-refractivity contribution in [3.8, 4) is 5.88 Å². The number of Topliss-reactive ketones (excluding diaryl/α,β-unsaturated/α-hetero) is 2. The van der Waals surface area contributed by atoms with Crippen molar-refractivity contribution in [1.82, 2.24) is 5.16 Å². The molecule has 0 fully saturated rings. The SMILES string of the molecule is Cc1c2c(cc3ccc(Br)cc13)CC1CC3Cc4onc(OCc5ccccc5)c4C(=O)C3=C(C(C)C)C1C2=O. The van der Waals surface area contributed by atoms with E-state index in [0.717, 1.165) is 61.5 Å². The zero-order valence-corrected chi connectivity index (χ0v) is 24.4. The van der Waals surface area contributed by atoms with Crippen molar-refractivity contribution < 1.29 is 18.8 Å². The lowest BCUT2D eigenvalue weighted by Crippen LogP contribution is -2.43. The molecule has 5 nitrogen and oxygen atoms in total. The van der Waals surface area contributed by atoms with Crippen molar-refractivity contribution in [2.24, 2.45) is 23.7 Å². The van der Waals surface area contributed by atoms with Gasteiger partial charge in [0.05, 0.1) is 0 Å². The maximum Gasteiger partial charge on any atom is 0.266 e. The number of hydrogen-bond donors (Lipinski definition) is 0. The number of halogens is 1. The molecule has 0 saturated heterocycles. The zero-order chi connectivity index (χ0) is 27.7. The number of benzene rings is 3. The van der Waals surface area contributed by atoms with Crippen molar-refractivity contribution in [3.05, 3.63) is 104 Å². The number of carbonyl (C=O) groups is 2. The van der Waals surface area contributed by atoms with Crippen molar-refractivity contribution >= 4 is 38.3 Å². The maximum atomic E-state index is 14.4. The number of nitrogens with zero attached hydrogens (tertiary/aromatic N) is 1. The fourth-order valence-corrected chi connectivity index (χ4v) is 7.78. The van der Waals surface area contributed by atoms with Crippen LogP contribution in [0, 0.1) is 30.6 Å². The highest BCUT2D eigenvalue weighted by molar-refractivity contribution is 9.10. The van der Waals surface area contributed by atoms with Gasteiger partial charge >= 0.3 is 0 Å². The van der Waals surface area contributed by atoms with E-state index >= 15 is 0 Å². The summed E-state index contributed by atoms with van der Waals surface area (Å²) < 4.78 is 12.7. The molecular formula is C34H30BrNO4. The molecule has 0 bridgehead atoms. The van der Waals surface area contributed by atoms with Crippen LogP contribution in [-0.2, 0) is 19.4 Å². The van der Waals surface area contributed by atoms with Gasteiger partial charge in [-0.2, -0.15) is 0 Å². The number of allylic oxidation sites excluding steroid dienone is 2. The standard InChI is InChI=1S/C34H30BrNO4/c1-17(2)27-29-22(12-21-11-20-9-10-24(35)15-25(20)18(3)28(21)32(29)37)13-23-14-26-31(33(38)30(23)27)34(36-40-26)39-16-19-7-5-4-6-8-19/h4-11,15,17,22-23,29H,12-14,16H2,1-3H3. The monoisotopic (exact) mass is 595 g/mol. The Morgan fingerprint density at radius 2 is 1.85 bits per heavy atom. The molecule has 3 atom stereocenters. The summed E-state index contributed by atoms with van der Waals surface area (Å²) in [7, 11) is 0. The molecule has 1 heterocycles.